The minimum atomic E-state index is 0. The van der Waals surface area contributed by atoms with Gasteiger partial charge in [-0.2, -0.15) is 0 Å². The van der Waals surface area contributed by atoms with Gasteiger partial charge in [0.05, 0.1) is 0 Å². The first-order chi connectivity index (χ1) is 4.74. The van der Waals surface area contributed by atoms with E-state index in [-0.39, 0.29) is 37.2 Å². The molecule has 0 aliphatic heterocycles. The molecular weight excluding hydrogens is 345 g/mol. The molecular formula is C8H10Cl3IO. The normalized spacial score (nSPS) is 7.23. The van der Waals surface area contributed by atoms with Crippen molar-refractivity contribution < 1.29 is 4.79 Å². The van der Waals surface area contributed by atoms with Gasteiger partial charge in [0.1, 0.15) is 6.29 Å². The standard InChI is InChI=1S/C8H7IO.3ClH/c1-6-2-3-7(5-10)4-8(6)9;;;/h2-5H,1H3;3*1H. The Morgan fingerprint density at radius 3 is 2.15 bits per heavy atom. The van der Waals surface area contributed by atoms with E-state index in [2.05, 4.69) is 22.6 Å². The Kier molecular flexibility index (Phi) is 13.3. The van der Waals surface area contributed by atoms with Crippen molar-refractivity contribution in [3.8, 4) is 0 Å². The Morgan fingerprint density at radius 2 is 1.77 bits per heavy atom. The first-order valence-electron chi connectivity index (χ1n) is 2.95. The smallest absolute Gasteiger partial charge is 0.150 e. The lowest BCUT2D eigenvalue weighted by Crippen LogP contribution is -1.83. The van der Waals surface area contributed by atoms with Gasteiger partial charge in [-0.05, 0) is 41.1 Å². The molecule has 0 aliphatic rings. The fraction of sp³-hybridized carbons (Fsp3) is 0.125. The van der Waals surface area contributed by atoms with Gasteiger partial charge in [0, 0.05) is 9.13 Å². The average Bonchev–Trinajstić information content (AvgIpc) is 1.95. The van der Waals surface area contributed by atoms with Crippen molar-refractivity contribution in [1.82, 2.24) is 0 Å². The van der Waals surface area contributed by atoms with Gasteiger partial charge in [-0.15, -0.1) is 37.2 Å². The second-order valence-corrected chi connectivity index (χ2v) is 3.29. The Bertz CT molecular complexity index is 266. The van der Waals surface area contributed by atoms with Crippen molar-refractivity contribution in [2.24, 2.45) is 0 Å². The van der Waals surface area contributed by atoms with Crippen LogP contribution >= 0.6 is 59.8 Å². The summed E-state index contributed by atoms with van der Waals surface area (Å²) in [5.41, 5.74) is 1.96. The van der Waals surface area contributed by atoms with Crippen LogP contribution < -0.4 is 0 Å². The van der Waals surface area contributed by atoms with Crippen LogP contribution in [0.4, 0.5) is 0 Å². The largest absolute Gasteiger partial charge is 0.298 e. The molecule has 5 heteroatoms. The number of hydrogen-bond donors (Lipinski definition) is 0. The second-order valence-electron chi connectivity index (χ2n) is 2.13. The Labute approximate surface area is 110 Å². The number of carbonyl (C=O) groups is 1. The van der Waals surface area contributed by atoms with Gasteiger partial charge in [0.2, 0.25) is 0 Å². The zero-order chi connectivity index (χ0) is 7.56. The van der Waals surface area contributed by atoms with Gasteiger partial charge in [-0.1, -0.05) is 12.1 Å². The van der Waals surface area contributed by atoms with E-state index in [1.807, 2.05) is 25.1 Å². The highest BCUT2D eigenvalue weighted by atomic mass is 127. The van der Waals surface area contributed by atoms with Crippen LogP contribution in [0.3, 0.4) is 0 Å². The maximum atomic E-state index is 10.3. The van der Waals surface area contributed by atoms with Crippen LogP contribution in [0, 0.1) is 10.5 Å². The summed E-state index contributed by atoms with van der Waals surface area (Å²) >= 11 is 2.21. The Morgan fingerprint density at radius 1 is 1.23 bits per heavy atom. The number of hydrogen-bond acceptors (Lipinski definition) is 1. The van der Waals surface area contributed by atoms with E-state index in [1.54, 1.807) is 0 Å². The molecule has 0 aliphatic carbocycles. The Balaban J connectivity index is -0.000000333. The lowest BCUT2D eigenvalue weighted by molar-refractivity contribution is 0.112. The van der Waals surface area contributed by atoms with E-state index < -0.39 is 0 Å². The molecule has 13 heavy (non-hydrogen) atoms. The molecule has 0 bridgehead atoms. The molecule has 0 fully saturated rings. The molecule has 1 aromatic rings. The number of carbonyl (C=O) groups excluding carboxylic acids is 1. The maximum Gasteiger partial charge on any atom is 0.150 e. The van der Waals surface area contributed by atoms with Crippen LogP contribution in [0.1, 0.15) is 15.9 Å². The maximum absolute atomic E-state index is 10.3. The highest BCUT2D eigenvalue weighted by molar-refractivity contribution is 14.1. The molecule has 0 N–H and O–H groups in total. The second kappa shape index (κ2) is 9.06. The van der Waals surface area contributed by atoms with Crippen molar-refractivity contribution in [2.45, 2.75) is 6.92 Å². The van der Waals surface area contributed by atoms with Crippen LogP contribution in [0.25, 0.3) is 0 Å². The summed E-state index contributed by atoms with van der Waals surface area (Å²) in [6.07, 6.45) is 0.863. The lowest BCUT2D eigenvalue weighted by Gasteiger charge is -1.96. The zero-order valence-electron chi connectivity index (χ0n) is 6.82. The molecule has 0 spiro atoms. The van der Waals surface area contributed by atoms with Gasteiger partial charge >= 0.3 is 0 Å². The van der Waals surface area contributed by atoms with E-state index in [0.717, 1.165) is 15.4 Å². The summed E-state index contributed by atoms with van der Waals surface area (Å²) in [4.78, 5) is 10.3. The van der Waals surface area contributed by atoms with Crippen LogP contribution in [0.15, 0.2) is 18.2 Å². The van der Waals surface area contributed by atoms with Crippen molar-refractivity contribution in [1.29, 1.82) is 0 Å². The van der Waals surface area contributed by atoms with Crippen molar-refractivity contribution in [3.63, 3.8) is 0 Å². The molecule has 1 nitrogen and oxygen atoms in total. The van der Waals surface area contributed by atoms with Crippen LogP contribution in [-0.4, -0.2) is 6.29 Å². The number of aryl methyl sites for hydroxylation is 1. The first kappa shape index (κ1) is 19.1. The van der Waals surface area contributed by atoms with Crippen LogP contribution in [-0.2, 0) is 0 Å². The summed E-state index contributed by atoms with van der Waals surface area (Å²) in [5.74, 6) is 0. The summed E-state index contributed by atoms with van der Waals surface area (Å²) < 4.78 is 1.14. The summed E-state index contributed by atoms with van der Waals surface area (Å²) in [6, 6.07) is 5.65. The van der Waals surface area contributed by atoms with Gasteiger partial charge < -0.3 is 0 Å². The number of benzene rings is 1. The van der Waals surface area contributed by atoms with Gasteiger partial charge in [-0.3, -0.25) is 4.79 Å². The third-order valence-electron chi connectivity index (χ3n) is 1.33. The molecule has 0 saturated heterocycles. The van der Waals surface area contributed by atoms with Crippen molar-refractivity contribution >= 4 is 66.1 Å². The monoisotopic (exact) mass is 354 g/mol. The van der Waals surface area contributed by atoms with Gasteiger partial charge in [0.25, 0.3) is 0 Å². The highest BCUT2D eigenvalue weighted by Crippen LogP contribution is 2.11. The zero-order valence-corrected chi connectivity index (χ0v) is 11.4. The summed E-state index contributed by atoms with van der Waals surface area (Å²) in [6.45, 7) is 2.02. The molecule has 0 amide bonds. The molecule has 0 atom stereocenters. The first-order valence-corrected chi connectivity index (χ1v) is 4.03. The molecule has 0 saturated carbocycles. The van der Waals surface area contributed by atoms with Gasteiger partial charge in [-0.25, -0.2) is 0 Å². The topological polar surface area (TPSA) is 17.1 Å². The minimum absolute atomic E-state index is 0. The SMILES string of the molecule is Cc1ccc(C=O)cc1I.Cl.Cl.Cl. The molecule has 0 aromatic heterocycles. The van der Waals surface area contributed by atoms with E-state index in [1.165, 1.54) is 5.56 Å². The molecule has 0 unspecified atom stereocenters. The summed E-state index contributed by atoms with van der Waals surface area (Å²) in [7, 11) is 0. The number of rotatable bonds is 1. The lowest BCUT2D eigenvalue weighted by atomic mass is 10.2. The molecule has 1 aromatic carbocycles. The van der Waals surface area contributed by atoms with Crippen molar-refractivity contribution in [3.05, 3.63) is 32.9 Å². The molecule has 76 valence electrons. The van der Waals surface area contributed by atoms with Crippen LogP contribution in [0.5, 0.6) is 0 Å². The molecule has 0 heterocycles. The fourth-order valence-corrected chi connectivity index (χ4v) is 1.22. The number of halogens is 4. The van der Waals surface area contributed by atoms with E-state index in [9.17, 15) is 4.79 Å². The van der Waals surface area contributed by atoms with Crippen molar-refractivity contribution in [2.75, 3.05) is 0 Å². The summed E-state index contributed by atoms with van der Waals surface area (Å²) in [5, 5.41) is 0. The minimum Gasteiger partial charge on any atom is -0.298 e. The third kappa shape index (κ3) is 5.73. The predicted molar refractivity (Wildman–Crippen MR) is 71.0 cm³/mol. The predicted octanol–water partition coefficient (Wildman–Crippen LogP) is 3.68. The fourth-order valence-electron chi connectivity index (χ4n) is 0.682. The van der Waals surface area contributed by atoms with E-state index in [4.69, 9.17) is 0 Å². The van der Waals surface area contributed by atoms with Gasteiger partial charge in [0.15, 0.2) is 0 Å². The quantitative estimate of drug-likeness (QED) is 0.555. The van der Waals surface area contributed by atoms with E-state index in [0.29, 0.717) is 0 Å². The number of aldehydes is 1. The highest BCUT2D eigenvalue weighted by Gasteiger charge is 1.94. The van der Waals surface area contributed by atoms with Crippen LogP contribution in [0.2, 0.25) is 0 Å². The van der Waals surface area contributed by atoms with E-state index >= 15 is 0 Å². The molecule has 1 rings (SSSR count). The molecule has 0 radical (unpaired) electrons. The average molecular weight is 355 g/mol. The third-order valence-corrected chi connectivity index (χ3v) is 2.49. The Hall–Kier alpha value is 0.490.